The normalized spacial score (nSPS) is 18.5. The lowest BCUT2D eigenvalue weighted by Crippen LogP contribution is -2.36. The quantitative estimate of drug-likeness (QED) is 0.735. The lowest BCUT2D eigenvalue weighted by Gasteiger charge is -2.16. The maximum Gasteiger partial charge on any atom is 0.234 e. The summed E-state index contributed by atoms with van der Waals surface area (Å²) < 4.78 is 19.6. The third kappa shape index (κ3) is 5.20. The summed E-state index contributed by atoms with van der Waals surface area (Å²) in [7, 11) is 0. The summed E-state index contributed by atoms with van der Waals surface area (Å²) in [5.74, 6) is 1.21. The number of nitrogens with one attached hydrogen (secondary N) is 2. The fourth-order valence-corrected chi connectivity index (χ4v) is 2.48. The molecular formula is C18H25FN2O2. The van der Waals surface area contributed by atoms with Crippen molar-refractivity contribution in [2.24, 2.45) is 11.8 Å². The Kier molecular flexibility index (Phi) is 5.16. The Balaban J connectivity index is 1.46. The van der Waals surface area contributed by atoms with Crippen molar-refractivity contribution in [3.63, 3.8) is 0 Å². The van der Waals surface area contributed by atoms with Crippen LogP contribution < -0.4 is 15.4 Å². The van der Waals surface area contributed by atoms with E-state index in [9.17, 15) is 9.18 Å². The van der Waals surface area contributed by atoms with Gasteiger partial charge in [0, 0.05) is 0 Å². The number of halogens is 1. The molecule has 0 spiro atoms. The van der Waals surface area contributed by atoms with Gasteiger partial charge in [-0.15, -0.1) is 0 Å². The molecule has 0 heterocycles. The van der Waals surface area contributed by atoms with Crippen LogP contribution in [0.4, 0.5) is 4.39 Å². The highest BCUT2D eigenvalue weighted by Crippen LogP contribution is 2.30. The molecule has 2 fully saturated rings. The van der Waals surface area contributed by atoms with E-state index < -0.39 is 0 Å². The number of benzene rings is 1. The van der Waals surface area contributed by atoms with E-state index in [-0.39, 0.29) is 17.8 Å². The highest BCUT2D eigenvalue weighted by molar-refractivity contribution is 5.78. The van der Waals surface area contributed by atoms with Crippen molar-refractivity contribution >= 4 is 5.91 Å². The van der Waals surface area contributed by atoms with Gasteiger partial charge in [-0.1, -0.05) is 6.07 Å². The molecule has 5 heteroatoms. The number of hydrogen-bond acceptors (Lipinski definition) is 3. The molecule has 1 amide bonds. The van der Waals surface area contributed by atoms with E-state index in [1.807, 2.05) is 13.0 Å². The molecule has 0 bridgehead atoms. The summed E-state index contributed by atoms with van der Waals surface area (Å²) in [6.45, 7) is 3.67. The van der Waals surface area contributed by atoms with Crippen LogP contribution in [0, 0.1) is 17.7 Å². The van der Waals surface area contributed by atoms with Crippen LogP contribution >= 0.6 is 0 Å². The third-order valence-electron chi connectivity index (χ3n) is 4.42. The second-order valence-corrected chi connectivity index (χ2v) is 6.81. The molecule has 23 heavy (non-hydrogen) atoms. The zero-order valence-corrected chi connectivity index (χ0v) is 13.6. The minimum atomic E-state index is -0.365. The number of amides is 1. The van der Waals surface area contributed by atoms with E-state index >= 15 is 0 Å². The predicted octanol–water partition coefficient (Wildman–Crippen LogP) is 2.79. The van der Waals surface area contributed by atoms with Crippen LogP contribution in [-0.4, -0.2) is 25.6 Å². The van der Waals surface area contributed by atoms with Gasteiger partial charge in [-0.05, 0) is 68.7 Å². The van der Waals surface area contributed by atoms with Crippen molar-refractivity contribution in [3.05, 3.63) is 29.6 Å². The fourth-order valence-electron chi connectivity index (χ4n) is 2.48. The maximum absolute atomic E-state index is 14.1. The number of rotatable bonds is 9. The zero-order valence-electron chi connectivity index (χ0n) is 13.6. The van der Waals surface area contributed by atoms with Gasteiger partial charge in [-0.2, -0.15) is 0 Å². The molecule has 2 aliphatic rings. The highest BCUT2D eigenvalue weighted by atomic mass is 19.1. The van der Waals surface area contributed by atoms with Crippen LogP contribution in [-0.2, 0) is 4.79 Å². The summed E-state index contributed by atoms with van der Waals surface area (Å²) >= 11 is 0. The molecule has 4 nitrogen and oxygen atoms in total. The maximum atomic E-state index is 14.1. The predicted molar refractivity (Wildman–Crippen MR) is 86.8 cm³/mol. The fraction of sp³-hybridized carbons (Fsp3) is 0.611. The lowest BCUT2D eigenvalue weighted by atomic mass is 10.1. The molecule has 0 saturated heterocycles. The molecule has 2 N–H and O–H groups in total. The first kappa shape index (κ1) is 16.2. The van der Waals surface area contributed by atoms with Gasteiger partial charge in [0.2, 0.25) is 5.91 Å². The van der Waals surface area contributed by atoms with E-state index in [4.69, 9.17) is 4.74 Å². The van der Waals surface area contributed by atoms with Gasteiger partial charge >= 0.3 is 0 Å². The summed E-state index contributed by atoms with van der Waals surface area (Å²) in [6, 6.07) is 4.69. The van der Waals surface area contributed by atoms with Crippen molar-refractivity contribution in [2.75, 3.05) is 19.7 Å². The average Bonchev–Trinajstić information content (AvgIpc) is 3.40. The average molecular weight is 320 g/mol. The standard InChI is InChI=1S/C18H25FN2O2/c1-12(21-18(22)10-20-9-13-2-3-13)15-6-7-17(16(19)8-15)23-11-14-4-5-14/h6-8,12-14,20H,2-5,9-11H2,1H3,(H,21,22). The number of carbonyl (C=O) groups is 1. The van der Waals surface area contributed by atoms with E-state index in [1.54, 1.807) is 6.07 Å². The minimum Gasteiger partial charge on any atom is -0.490 e. The Bertz CT molecular complexity index is 556. The summed E-state index contributed by atoms with van der Waals surface area (Å²) in [6.07, 6.45) is 4.88. The minimum absolute atomic E-state index is 0.0624. The first-order valence-electron chi connectivity index (χ1n) is 8.54. The molecule has 0 aliphatic heterocycles. The van der Waals surface area contributed by atoms with Crippen molar-refractivity contribution in [2.45, 2.75) is 38.6 Å². The van der Waals surface area contributed by atoms with Gasteiger partial charge in [0.25, 0.3) is 0 Å². The number of ether oxygens (including phenoxy) is 1. The van der Waals surface area contributed by atoms with Gasteiger partial charge in [-0.3, -0.25) is 4.79 Å². The van der Waals surface area contributed by atoms with E-state index in [0.29, 0.717) is 24.8 Å². The van der Waals surface area contributed by atoms with Gasteiger partial charge in [-0.25, -0.2) is 4.39 Å². The first-order valence-corrected chi connectivity index (χ1v) is 8.54. The van der Waals surface area contributed by atoms with Gasteiger partial charge in [0.15, 0.2) is 11.6 Å². The Hall–Kier alpha value is -1.62. The van der Waals surface area contributed by atoms with Crippen LogP contribution in [0.3, 0.4) is 0 Å². The van der Waals surface area contributed by atoms with Crippen molar-refractivity contribution in [1.29, 1.82) is 0 Å². The van der Waals surface area contributed by atoms with Crippen LogP contribution in [0.25, 0.3) is 0 Å². The van der Waals surface area contributed by atoms with Crippen LogP contribution in [0.2, 0.25) is 0 Å². The summed E-state index contributed by atoms with van der Waals surface area (Å²) in [5.41, 5.74) is 0.747. The molecule has 3 rings (SSSR count). The molecule has 1 aromatic rings. The van der Waals surface area contributed by atoms with Gasteiger partial charge in [0.05, 0.1) is 19.2 Å². The monoisotopic (exact) mass is 320 g/mol. The Morgan fingerprint density at radius 1 is 1.30 bits per heavy atom. The Morgan fingerprint density at radius 3 is 2.70 bits per heavy atom. The first-order chi connectivity index (χ1) is 11.1. The molecule has 0 aromatic heterocycles. The second-order valence-electron chi connectivity index (χ2n) is 6.81. The molecule has 2 aliphatic carbocycles. The number of carbonyl (C=O) groups excluding carboxylic acids is 1. The zero-order chi connectivity index (χ0) is 16.2. The van der Waals surface area contributed by atoms with Crippen molar-refractivity contribution < 1.29 is 13.9 Å². The van der Waals surface area contributed by atoms with Crippen LogP contribution in [0.1, 0.15) is 44.2 Å². The SMILES string of the molecule is CC(NC(=O)CNCC1CC1)c1ccc(OCC2CC2)c(F)c1. The largest absolute Gasteiger partial charge is 0.490 e. The smallest absolute Gasteiger partial charge is 0.234 e. The number of hydrogen-bond donors (Lipinski definition) is 2. The van der Waals surface area contributed by atoms with Crippen molar-refractivity contribution in [1.82, 2.24) is 10.6 Å². The van der Waals surface area contributed by atoms with Crippen LogP contribution in [0.15, 0.2) is 18.2 Å². The molecule has 126 valence electrons. The Morgan fingerprint density at radius 2 is 2.04 bits per heavy atom. The molecule has 1 atom stereocenters. The lowest BCUT2D eigenvalue weighted by molar-refractivity contribution is -0.120. The van der Waals surface area contributed by atoms with E-state index in [1.165, 1.54) is 31.7 Å². The molecule has 1 aromatic carbocycles. The van der Waals surface area contributed by atoms with E-state index in [0.717, 1.165) is 18.0 Å². The second kappa shape index (κ2) is 7.30. The van der Waals surface area contributed by atoms with E-state index in [2.05, 4.69) is 10.6 Å². The van der Waals surface area contributed by atoms with Gasteiger partial charge < -0.3 is 15.4 Å². The summed E-state index contributed by atoms with van der Waals surface area (Å²) in [5, 5.41) is 6.04. The van der Waals surface area contributed by atoms with Gasteiger partial charge in [0.1, 0.15) is 0 Å². The molecular weight excluding hydrogens is 295 g/mol. The van der Waals surface area contributed by atoms with Crippen molar-refractivity contribution in [3.8, 4) is 5.75 Å². The van der Waals surface area contributed by atoms with Crippen LogP contribution in [0.5, 0.6) is 5.75 Å². The topological polar surface area (TPSA) is 50.4 Å². The molecule has 2 saturated carbocycles. The third-order valence-corrected chi connectivity index (χ3v) is 4.42. The molecule has 1 unspecified atom stereocenters. The highest BCUT2D eigenvalue weighted by Gasteiger charge is 2.23. The Labute approximate surface area is 136 Å². The molecule has 0 radical (unpaired) electrons. The summed E-state index contributed by atoms with van der Waals surface area (Å²) in [4.78, 5) is 11.9.